The third-order valence-corrected chi connectivity index (χ3v) is 5.36. The minimum atomic E-state index is -3.16. The molecule has 1 saturated heterocycles. The third kappa shape index (κ3) is 2.51. The number of aromatic nitrogens is 2. The van der Waals surface area contributed by atoms with E-state index in [9.17, 15) is 17.6 Å². The van der Waals surface area contributed by atoms with Crippen LogP contribution in [-0.4, -0.2) is 54.0 Å². The lowest BCUT2D eigenvalue weighted by Gasteiger charge is -2.14. The van der Waals surface area contributed by atoms with Crippen LogP contribution in [0.25, 0.3) is 10.9 Å². The molecule has 0 radical (unpaired) electrons. The minimum Gasteiger partial charge on any atom is -0.336 e. The molecule has 21 heavy (non-hydrogen) atoms. The molecule has 1 aliphatic rings. The second-order valence-corrected chi connectivity index (χ2v) is 7.58. The summed E-state index contributed by atoms with van der Waals surface area (Å²) in [4.78, 5) is 13.9. The van der Waals surface area contributed by atoms with E-state index in [2.05, 4.69) is 10.2 Å². The van der Waals surface area contributed by atoms with Gasteiger partial charge in [-0.05, 0) is 24.6 Å². The number of carbonyl (C=O) groups is 1. The van der Waals surface area contributed by atoms with E-state index in [4.69, 9.17) is 0 Å². The minimum absolute atomic E-state index is 0.174. The van der Waals surface area contributed by atoms with Crippen molar-refractivity contribution in [1.29, 1.82) is 0 Å². The lowest BCUT2D eigenvalue weighted by atomic mass is 10.2. The van der Waals surface area contributed by atoms with Crippen LogP contribution in [0.4, 0.5) is 4.39 Å². The SMILES string of the molecule is CS(=O)(=O)C1CCN(C(=O)c2n[nH]c3cc(F)ccc23)C1. The maximum absolute atomic E-state index is 13.1. The molecular formula is C13H14FN3O3S. The molecule has 0 bridgehead atoms. The predicted molar refractivity (Wildman–Crippen MR) is 75.2 cm³/mol. The van der Waals surface area contributed by atoms with E-state index in [1.807, 2.05) is 0 Å². The molecule has 8 heteroatoms. The molecule has 3 rings (SSSR count). The average Bonchev–Trinajstić information content (AvgIpc) is 3.03. The molecule has 1 atom stereocenters. The smallest absolute Gasteiger partial charge is 0.275 e. The molecule has 1 aromatic carbocycles. The van der Waals surface area contributed by atoms with Gasteiger partial charge in [0.15, 0.2) is 15.5 Å². The number of likely N-dealkylation sites (tertiary alicyclic amines) is 1. The Morgan fingerprint density at radius 2 is 2.24 bits per heavy atom. The Hall–Kier alpha value is -1.96. The zero-order valence-electron chi connectivity index (χ0n) is 11.3. The quantitative estimate of drug-likeness (QED) is 0.895. The molecule has 0 aliphatic carbocycles. The molecule has 1 unspecified atom stereocenters. The first-order chi connectivity index (χ1) is 9.86. The van der Waals surface area contributed by atoms with Crippen molar-refractivity contribution >= 4 is 26.6 Å². The van der Waals surface area contributed by atoms with E-state index in [1.54, 1.807) is 0 Å². The number of benzene rings is 1. The molecular weight excluding hydrogens is 297 g/mol. The number of aromatic amines is 1. The maximum atomic E-state index is 13.1. The molecule has 1 aromatic heterocycles. The van der Waals surface area contributed by atoms with Crippen molar-refractivity contribution in [3.63, 3.8) is 0 Å². The zero-order chi connectivity index (χ0) is 15.2. The van der Waals surface area contributed by atoms with E-state index in [0.29, 0.717) is 23.9 Å². The summed E-state index contributed by atoms with van der Waals surface area (Å²) in [6, 6.07) is 4.02. The van der Waals surface area contributed by atoms with Crippen LogP contribution in [0.5, 0.6) is 0 Å². The lowest BCUT2D eigenvalue weighted by Crippen LogP contribution is -2.31. The molecule has 1 aliphatic heterocycles. The van der Waals surface area contributed by atoms with Crippen LogP contribution < -0.4 is 0 Å². The second kappa shape index (κ2) is 4.80. The summed E-state index contributed by atoms with van der Waals surface area (Å²) in [6.45, 7) is 0.555. The average molecular weight is 311 g/mol. The highest BCUT2D eigenvalue weighted by Gasteiger charge is 2.34. The van der Waals surface area contributed by atoms with Crippen LogP contribution in [-0.2, 0) is 9.84 Å². The van der Waals surface area contributed by atoms with Crippen LogP contribution >= 0.6 is 0 Å². The summed E-state index contributed by atoms with van der Waals surface area (Å²) in [5.74, 6) is -0.748. The normalized spacial score (nSPS) is 19.3. The van der Waals surface area contributed by atoms with Gasteiger partial charge in [-0.1, -0.05) is 0 Å². The first-order valence-electron chi connectivity index (χ1n) is 6.48. The van der Waals surface area contributed by atoms with Crippen molar-refractivity contribution in [1.82, 2.24) is 15.1 Å². The molecule has 2 aromatic rings. The second-order valence-electron chi connectivity index (χ2n) is 5.25. The van der Waals surface area contributed by atoms with Gasteiger partial charge in [0, 0.05) is 24.7 Å². The standard InChI is InChI=1S/C13H14FN3O3S/c1-21(19,20)9-4-5-17(7-9)13(18)12-10-3-2-8(14)6-11(10)15-16-12/h2-3,6,9H,4-5,7H2,1H3,(H,15,16). The number of hydrogen-bond acceptors (Lipinski definition) is 4. The van der Waals surface area contributed by atoms with E-state index in [0.717, 1.165) is 0 Å². The van der Waals surface area contributed by atoms with Gasteiger partial charge in [0.05, 0.1) is 10.8 Å². The first kappa shape index (κ1) is 14.0. The van der Waals surface area contributed by atoms with Gasteiger partial charge >= 0.3 is 0 Å². The summed E-state index contributed by atoms with van der Waals surface area (Å²) in [5.41, 5.74) is 0.636. The topological polar surface area (TPSA) is 83.1 Å². The largest absolute Gasteiger partial charge is 0.336 e. The van der Waals surface area contributed by atoms with Crippen molar-refractivity contribution in [3.05, 3.63) is 29.7 Å². The van der Waals surface area contributed by atoms with Crippen molar-refractivity contribution in [2.24, 2.45) is 0 Å². The number of rotatable bonds is 2. The van der Waals surface area contributed by atoms with Gasteiger partial charge in [0.2, 0.25) is 0 Å². The zero-order valence-corrected chi connectivity index (χ0v) is 12.2. The monoisotopic (exact) mass is 311 g/mol. The van der Waals surface area contributed by atoms with E-state index >= 15 is 0 Å². The van der Waals surface area contributed by atoms with Gasteiger partial charge in [0.1, 0.15) is 5.82 Å². The van der Waals surface area contributed by atoms with E-state index < -0.39 is 20.9 Å². The fraction of sp³-hybridized carbons (Fsp3) is 0.385. The van der Waals surface area contributed by atoms with Crippen LogP contribution in [0.2, 0.25) is 0 Å². The van der Waals surface area contributed by atoms with Crippen LogP contribution in [0, 0.1) is 5.82 Å². The van der Waals surface area contributed by atoms with E-state index in [-0.39, 0.29) is 18.1 Å². The number of carbonyl (C=O) groups excluding carboxylic acids is 1. The Labute approximate surface area is 120 Å². The Balaban J connectivity index is 1.88. The number of amides is 1. The van der Waals surface area contributed by atoms with Crippen LogP contribution in [0.3, 0.4) is 0 Å². The highest BCUT2D eigenvalue weighted by molar-refractivity contribution is 7.91. The van der Waals surface area contributed by atoms with Gasteiger partial charge < -0.3 is 4.90 Å². The number of hydrogen-bond donors (Lipinski definition) is 1. The van der Waals surface area contributed by atoms with Crippen LogP contribution in [0.15, 0.2) is 18.2 Å². The molecule has 0 saturated carbocycles. The van der Waals surface area contributed by atoms with Crippen molar-refractivity contribution in [2.45, 2.75) is 11.7 Å². The van der Waals surface area contributed by atoms with Gasteiger partial charge in [0.25, 0.3) is 5.91 Å². The molecule has 2 heterocycles. The fourth-order valence-corrected chi connectivity index (χ4v) is 3.55. The first-order valence-corrected chi connectivity index (χ1v) is 8.43. The molecule has 1 fully saturated rings. The van der Waals surface area contributed by atoms with E-state index in [1.165, 1.54) is 29.4 Å². The Bertz CT molecular complexity index is 815. The molecule has 6 nitrogen and oxygen atoms in total. The van der Waals surface area contributed by atoms with Gasteiger partial charge in [-0.2, -0.15) is 5.10 Å². The molecule has 112 valence electrons. The number of H-pyrrole nitrogens is 1. The summed E-state index contributed by atoms with van der Waals surface area (Å²) < 4.78 is 36.2. The Morgan fingerprint density at radius 3 is 2.90 bits per heavy atom. The molecule has 0 spiro atoms. The lowest BCUT2D eigenvalue weighted by molar-refractivity contribution is 0.0789. The fourth-order valence-electron chi connectivity index (χ4n) is 2.57. The number of fused-ring (bicyclic) bond motifs is 1. The van der Waals surface area contributed by atoms with Gasteiger partial charge in [-0.15, -0.1) is 0 Å². The number of sulfone groups is 1. The van der Waals surface area contributed by atoms with Gasteiger partial charge in [-0.3, -0.25) is 9.89 Å². The number of nitrogens with one attached hydrogen (secondary N) is 1. The highest BCUT2D eigenvalue weighted by Crippen LogP contribution is 2.22. The van der Waals surface area contributed by atoms with Crippen molar-refractivity contribution < 1.29 is 17.6 Å². The predicted octanol–water partition coefficient (Wildman–Crippen LogP) is 0.961. The molecule has 1 N–H and O–H groups in total. The summed E-state index contributed by atoms with van der Waals surface area (Å²) in [7, 11) is -3.16. The summed E-state index contributed by atoms with van der Waals surface area (Å²) >= 11 is 0. The summed E-state index contributed by atoms with van der Waals surface area (Å²) in [5, 5.41) is 6.56. The van der Waals surface area contributed by atoms with Crippen LogP contribution in [0.1, 0.15) is 16.9 Å². The Kier molecular flexibility index (Phi) is 3.20. The molecule has 1 amide bonds. The van der Waals surface area contributed by atoms with Gasteiger partial charge in [-0.25, -0.2) is 12.8 Å². The maximum Gasteiger partial charge on any atom is 0.275 e. The third-order valence-electron chi connectivity index (χ3n) is 3.77. The summed E-state index contributed by atoms with van der Waals surface area (Å²) in [6.07, 6.45) is 1.61. The number of halogens is 1. The Morgan fingerprint density at radius 1 is 1.48 bits per heavy atom. The van der Waals surface area contributed by atoms with Crippen molar-refractivity contribution in [3.8, 4) is 0 Å². The van der Waals surface area contributed by atoms with Crippen molar-refractivity contribution in [2.75, 3.05) is 19.3 Å². The number of nitrogens with zero attached hydrogens (tertiary/aromatic N) is 2. The highest BCUT2D eigenvalue weighted by atomic mass is 32.2.